The van der Waals surface area contributed by atoms with E-state index in [4.69, 9.17) is 10.5 Å². The van der Waals surface area contributed by atoms with Gasteiger partial charge < -0.3 is 15.8 Å². The number of carbonyl (C=O) groups excluding carboxylic acids is 1. The fourth-order valence-electron chi connectivity index (χ4n) is 2.88. The number of nitrogens with two attached hydrogens (primary N) is 1. The van der Waals surface area contributed by atoms with Crippen LogP contribution < -0.4 is 11.1 Å². The lowest BCUT2D eigenvalue weighted by atomic mass is 9.82. The van der Waals surface area contributed by atoms with Crippen molar-refractivity contribution in [3.63, 3.8) is 0 Å². The molecule has 2 unspecified atom stereocenters. The van der Waals surface area contributed by atoms with Crippen LogP contribution in [0.25, 0.3) is 0 Å². The highest BCUT2D eigenvalue weighted by molar-refractivity contribution is 5.79. The number of nitrogens with one attached hydrogen (secondary N) is 1. The number of amides is 1. The minimum Gasteiger partial charge on any atom is -0.381 e. The van der Waals surface area contributed by atoms with Gasteiger partial charge in [-0.25, -0.2) is 0 Å². The molecule has 16 heavy (non-hydrogen) atoms. The van der Waals surface area contributed by atoms with Crippen LogP contribution in [-0.4, -0.2) is 31.7 Å². The summed E-state index contributed by atoms with van der Waals surface area (Å²) in [7, 11) is 0. The fraction of sp³-hybridized carbons (Fsp3) is 0.917. The van der Waals surface area contributed by atoms with E-state index in [1.807, 2.05) is 0 Å². The second-order valence-corrected chi connectivity index (χ2v) is 5.09. The molecule has 2 saturated heterocycles. The van der Waals surface area contributed by atoms with Gasteiger partial charge in [0, 0.05) is 13.2 Å². The first-order valence-electron chi connectivity index (χ1n) is 6.36. The second kappa shape index (κ2) is 5.64. The van der Waals surface area contributed by atoms with Gasteiger partial charge in [0.25, 0.3) is 0 Å². The zero-order valence-electron chi connectivity index (χ0n) is 9.78. The number of hydrogen-bond donors (Lipinski definition) is 2. The Morgan fingerprint density at radius 1 is 1.25 bits per heavy atom. The molecule has 2 atom stereocenters. The lowest BCUT2D eigenvalue weighted by molar-refractivity contribution is -0.121. The summed E-state index contributed by atoms with van der Waals surface area (Å²) in [5.41, 5.74) is 5.34. The average molecular weight is 226 g/mol. The van der Waals surface area contributed by atoms with Gasteiger partial charge in [-0.1, -0.05) is 0 Å². The van der Waals surface area contributed by atoms with E-state index in [-0.39, 0.29) is 11.9 Å². The number of carbonyl (C=O) groups is 1. The quantitative estimate of drug-likeness (QED) is 0.743. The minimum absolute atomic E-state index is 0.0985. The Kier molecular flexibility index (Phi) is 4.18. The Morgan fingerprint density at radius 2 is 2.00 bits per heavy atom. The molecule has 0 saturated carbocycles. The Balaban J connectivity index is 1.78. The molecule has 2 aliphatic rings. The van der Waals surface area contributed by atoms with Crippen LogP contribution in [0.2, 0.25) is 0 Å². The van der Waals surface area contributed by atoms with Crippen molar-refractivity contribution >= 4 is 5.91 Å². The molecule has 4 heteroatoms. The van der Waals surface area contributed by atoms with Gasteiger partial charge in [-0.15, -0.1) is 0 Å². The molecule has 0 bridgehead atoms. The van der Waals surface area contributed by atoms with Crippen molar-refractivity contribution in [2.24, 2.45) is 17.6 Å². The van der Waals surface area contributed by atoms with Crippen LogP contribution in [0.15, 0.2) is 0 Å². The van der Waals surface area contributed by atoms with E-state index >= 15 is 0 Å². The summed E-state index contributed by atoms with van der Waals surface area (Å²) in [6.07, 6.45) is 5.72. The van der Waals surface area contributed by atoms with Gasteiger partial charge in [-0.05, 0) is 50.5 Å². The van der Waals surface area contributed by atoms with Gasteiger partial charge >= 0.3 is 0 Å². The molecule has 2 rings (SSSR count). The second-order valence-electron chi connectivity index (χ2n) is 5.09. The summed E-state index contributed by atoms with van der Waals surface area (Å²) in [6, 6.07) is -0.0985. The van der Waals surface area contributed by atoms with Crippen molar-refractivity contribution < 1.29 is 9.53 Å². The summed E-state index contributed by atoms with van der Waals surface area (Å²) in [4.78, 5) is 11.1. The van der Waals surface area contributed by atoms with Gasteiger partial charge in [0.05, 0.1) is 6.04 Å². The van der Waals surface area contributed by atoms with Crippen LogP contribution in [0.1, 0.15) is 32.1 Å². The average Bonchev–Trinajstić information content (AvgIpc) is 2.30. The Morgan fingerprint density at radius 3 is 2.69 bits per heavy atom. The van der Waals surface area contributed by atoms with Gasteiger partial charge in [-0.3, -0.25) is 4.79 Å². The predicted octanol–water partition coefficient (Wildman–Crippen LogP) is 0.657. The van der Waals surface area contributed by atoms with Crippen molar-refractivity contribution in [1.82, 2.24) is 5.32 Å². The van der Waals surface area contributed by atoms with E-state index in [0.717, 1.165) is 32.1 Å². The SMILES string of the molecule is NC(=O)C1CC(CC2CCOCC2)CCN1. The van der Waals surface area contributed by atoms with Gasteiger partial charge in [0.2, 0.25) is 5.91 Å². The third-order valence-electron chi connectivity index (χ3n) is 3.86. The van der Waals surface area contributed by atoms with E-state index in [2.05, 4.69) is 5.32 Å². The van der Waals surface area contributed by atoms with Crippen LogP contribution in [0.5, 0.6) is 0 Å². The standard InChI is InChI=1S/C12H22N2O2/c13-12(15)11-8-10(1-4-14-11)7-9-2-5-16-6-3-9/h9-11,14H,1-8H2,(H2,13,15). The minimum atomic E-state index is -0.198. The normalized spacial score (nSPS) is 32.5. The van der Waals surface area contributed by atoms with E-state index in [9.17, 15) is 4.79 Å². The topological polar surface area (TPSA) is 64.4 Å². The molecule has 2 aliphatic heterocycles. The Bertz CT molecular complexity index is 239. The van der Waals surface area contributed by atoms with Gasteiger partial charge in [0.15, 0.2) is 0 Å². The molecule has 0 aliphatic carbocycles. The Hall–Kier alpha value is -0.610. The maximum Gasteiger partial charge on any atom is 0.234 e. The molecular weight excluding hydrogens is 204 g/mol. The van der Waals surface area contributed by atoms with Crippen molar-refractivity contribution in [3.8, 4) is 0 Å². The third kappa shape index (κ3) is 3.19. The van der Waals surface area contributed by atoms with E-state index in [1.165, 1.54) is 25.7 Å². The lowest BCUT2D eigenvalue weighted by Crippen LogP contribution is -2.47. The molecule has 3 N–H and O–H groups in total. The molecule has 2 heterocycles. The molecular formula is C12H22N2O2. The zero-order chi connectivity index (χ0) is 11.4. The molecule has 92 valence electrons. The molecule has 2 fully saturated rings. The van der Waals surface area contributed by atoms with Crippen molar-refractivity contribution in [2.75, 3.05) is 19.8 Å². The molecule has 0 radical (unpaired) electrons. The number of primary amides is 1. The van der Waals surface area contributed by atoms with Crippen LogP contribution in [0, 0.1) is 11.8 Å². The number of hydrogen-bond acceptors (Lipinski definition) is 3. The third-order valence-corrected chi connectivity index (χ3v) is 3.86. The van der Waals surface area contributed by atoms with Crippen molar-refractivity contribution in [3.05, 3.63) is 0 Å². The largest absolute Gasteiger partial charge is 0.381 e. The summed E-state index contributed by atoms with van der Waals surface area (Å²) in [6.45, 7) is 2.76. The van der Waals surface area contributed by atoms with Crippen molar-refractivity contribution in [1.29, 1.82) is 0 Å². The number of ether oxygens (including phenoxy) is 1. The Labute approximate surface area is 96.9 Å². The lowest BCUT2D eigenvalue weighted by Gasteiger charge is -2.32. The molecule has 0 spiro atoms. The maximum atomic E-state index is 11.1. The highest BCUT2D eigenvalue weighted by Crippen LogP contribution is 2.28. The van der Waals surface area contributed by atoms with Gasteiger partial charge in [-0.2, -0.15) is 0 Å². The first-order chi connectivity index (χ1) is 7.75. The summed E-state index contributed by atoms with van der Waals surface area (Å²) in [5, 5.41) is 3.19. The summed E-state index contributed by atoms with van der Waals surface area (Å²) >= 11 is 0. The first-order valence-corrected chi connectivity index (χ1v) is 6.36. The summed E-state index contributed by atoms with van der Waals surface area (Å²) < 4.78 is 5.36. The van der Waals surface area contributed by atoms with E-state index < -0.39 is 0 Å². The molecule has 4 nitrogen and oxygen atoms in total. The molecule has 0 aromatic carbocycles. The van der Waals surface area contributed by atoms with Crippen LogP contribution in [0.4, 0.5) is 0 Å². The highest BCUT2D eigenvalue weighted by Gasteiger charge is 2.27. The van der Waals surface area contributed by atoms with Crippen LogP contribution in [-0.2, 0) is 9.53 Å². The number of piperidine rings is 1. The van der Waals surface area contributed by atoms with Crippen molar-refractivity contribution in [2.45, 2.75) is 38.1 Å². The predicted molar refractivity (Wildman–Crippen MR) is 61.9 cm³/mol. The highest BCUT2D eigenvalue weighted by atomic mass is 16.5. The molecule has 0 aromatic heterocycles. The zero-order valence-corrected chi connectivity index (χ0v) is 9.78. The van der Waals surface area contributed by atoms with Gasteiger partial charge in [0.1, 0.15) is 0 Å². The maximum absolute atomic E-state index is 11.1. The molecule has 1 amide bonds. The van der Waals surface area contributed by atoms with E-state index in [0.29, 0.717) is 5.92 Å². The van der Waals surface area contributed by atoms with E-state index in [1.54, 1.807) is 0 Å². The fourth-order valence-corrected chi connectivity index (χ4v) is 2.88. The van der Waals surface area contributed by atoms with Crippen LogP contribution in [0.3, 0.4) is 0 Å². The molecule has 0 aromatic rings. The summed E-state index contributed by atoms with van der Waals surface area (Å²) in [5.74, 6) is 1.27. The smallest absolute Gasteiger partial charge is 0.234 e. The monoisotopic (exact) mass is 226 g/mol. The van der Waals surface area contributed by atoms with Crippen LogP contribution >= 0.6 is 0 Å². The first kappa shape index (κ1) is 11.9. The number of rotatable bonds is 3.